The van der Waals surface area contributed by atoms with Crippen molar-refractivity contribution in [2.75, 3.05) is 26.3 Å². The van der Waals surface area contributed by atoms with Gasteiger partial charge in [0.25, 0.3) is 0 Å². The monoisotopic (exact) mass is 241 g/mol. The number of hydrogen-bond acceptors (Lipinski definition) is 3. The summed E-state index contributed by atoms with van der Waals surface area (Å²) in [6.45, 7) is 8.97. The number of nitrogens with zero attached hydrogens (tertiary/aromatic N) is 1. The largest absolute Gasteiger partial charge is 0.444 e. The molecule has 1 unspecified atom stereocenters. The molecule has 98 valence electrons. The van der Waals surface area contributed by atoms with E-state index in [-0.39, 0.29) is 11.5 Å². The predicted octanol–water partition coefficient (Wildman–Crippen LogP) is 2.42. The van der Waals surface area contributed by atoms with E-state index in [4.69, 9.17) is 9.47 Å². The molecule has 2 fully saturated rings. The van der Waals surface area contributed by atoms with E-state index >= 15 is 0 Å². The van der Waals surface area contributed by atoms with Crippen molar-refractivity contribution in [2.45, 2.75) is 45.6 Å². The van der Waals surface area contributed by atoms with E-state index in [1.54, 1.807) is 0 Å². The van der Waals surface area contributed by atoms with Crippen LogP contribution in [-0.4, -0.2) is 42.9 Å². The highest BCUT2D eigenvalue weighted by Gasteiger charge is 2.42. The minimum atomic E-state index is -0.407. The highest BCUT2D eigenvalue weighted by Crippen LogP contribution is 2.38. The first kappa shape index (κ1) is 12.7. The molecule has 2 aliphatic heterocycles. The molecule has 2 saturated heterocycles. The lowest BCUT2D eigenvalue weighted by atomic mass is 9.82. The summed E-state index contributed by atoms with van der Waals surface area (Å²) in [5, 5.41) is 0. The van der Waals surface area contributed by atoms with E-state index < -0.39 is 5.60 Å². The van der Waals surface area contributed by atoms with Crippen LogP contribution in [-0.2, 0) is 9.47 Å². The molecule has 17 heavy (non-hydrogen) atoms. The van der Waals surface area contributed by atoms with Gasteiger partial charge in [-0.3, -0.25) is 0 Å². The van der Waals surface area contributed by atoms with Crippen LogP contribution in [0.2, 0.25) is 0 Å². The molecule has 1 atom stereocenters. The highest BCUT2D eigenvalue weighted by atomic mass is 16.6. The first-order chi connectivity index (χ1) is 7.90. The van der Waals surface area contributed by atoms with E-state index in [1.807, 2.05) is 25.7 Å². The molecule has 0 saturated carbocycles. The Morgan fingerprint density at radius 3 is 2.71 bits per heavy atom. The van der Waals surface area contributed by atoms with Crippen LogP contribution in [0.4, 0.5) is 4.79 Å². The highest BCUT2D eigenvalue weighted by molar-refractivity contribution is 5.68. The maximum atomic E-state index is 11.9. The average Bonchev–Trinajstić information content (AvgIpc) is 2.61. The zero-order valence-electron chi connectivity index (χ0n) is 11.1. The van der Waals surface area contributed by atoms with Gasteiger partial charge < -0.3 is 14.4 Å². The molecule has 1 amide bonds. The molecule has 0 aromatic rings. The summed E-state index contributed by atoms with van der Waals surface area (Å²) in [5.41, 5.74) is -0.203. The van der Waals surface area contributed by atoms with E-state index in [0.717, 1.165) is 39.1 Å². The fourth-order valence-electron chi connectivity index (χ4n) is 2.65. The molecule has 0 aromatic carbocycles. The Morgan fingerprint density at radius 1 is 1.35 bits per heavy atom. The van der Waals surface area contributed by atoms with Gasteiger partial charge in [-0.15, -0.1) is 0 Å². The van der Waals surface area contributed by atoms with Crippen LogP contribution in [0.15, 0.2) is 0 Å². The van der Waals surface area contributed by atoms with Gasteiger partial charge >= 0.3 is 6.09 Å². The number of carbonyl (C=O) groups is 1. The third-order valence-corrected chi connectivity index (χ3v) is 3.49. The second-order valence-corrected chi connectivity index (χ2v) is 6.31. The predicted molar refractivity (Wildman–Crippen MR) is 64.9 cm³/mol. The smallest absolute Gasteiger partial charge is 0.410 e. The van der Waals surface area contributed by atoms with E-state index in [1.165, 1.54) is 6.42 Å². The molecule has 1 spiro atoms. The van der Waals surface area contributed by atoms with Gasteiger partial charge in [-0.25, -0.2) is 4.79 Å². The minimum Gasteiger partial charge on any atom is -0.444 e. The molecule has 0 N–H and O–H groups in total. The maximum Gasteiger partial charge on any atom is 0.410 e. The first-order valence-corrected chi connectivity index (χ1v) is 6.46. The van der Waals surface area contributed by atoms with Crippen LogP contribution in [0.25, 0.3) is 0 Å². The first-order valence-electron chi connectivity index (χ1n) is 6.46. The topological polar surface area (TPSA) is 38.8 Å². The summed E-state index contributed by atoms with van der Waals surface area (Å²) >= 11 is 0. The maximum absolute atomic E-state index is 11.9. The Labute approximate surface area is 103 Å². The van der Waals surface area contributed by atoms with Gasteiger partial charge in [0.05, 0.1) is 6.61 Å². The summed E-state index contributed by atoms with van der Waals surface area (Å²) in [5.74, 6) is 0. The Kier molecular flexibility index (Phi) is 3.34. The lowest BCUT2D eigenvalue weighted by molar-refractivity contribution is -0.00741. The van der Waals surface area contributed by atoms with Crippen molar-refractivity contribution >= 4 is 6.09 Å². The van der Waals surface area contributed by atoms with Gasteiger partial charge in [0.2, 0.25) is 0 Å². The molecular formula is C13H23NO3. The van der Waals surface area contributed by atoms with Gasteiger partial charge in [-0.05, 0) is 40.0 Å². The Balaban J connectivity index is 1.91. The molecular weight excluding hydrogens is 218 g/mol. The van der Waals surface area contributed by atoms with Crippen molar-refractivity contribution < 1.29 is 14.3 Å². The Morgan fingerprint density at radius 2 is 2.12 bits per heavy atom. The molecule has 2 heterocycles. The van der Waals surface area contributed by atoms with E-state index in [2.05, 4.69) is 0 Å². The number of ether oxygens (including phenoxy) is 2. The zero-order chi connectivity index (χ0) is 12.5. The number of amides is 1. The normalized spacial score (nSPS) is 29.7. The van der Waals surface area contributed by atoms with Gasteiger partial charge in [0.1, 0.15) is 5.60 Å². The van der Waals surface area contributed by atoms with Crippen molar-refractivity contribution in [3.05, 3.63) is 0 Å². The molecule has 4 heteroatoms. The summed E-state index contributed by atoms with van der Waals surface area (Å²) in [6, 6.07) is 0. The third-order valence-electron chi connectivity index (χ3n) is 3.49. The molecule has 2 rings (SSSR count). The van der Waals surface area contributed by atoms with Crippen LogP contribution >= 0.6 is 0 Å². The fraction of sp³-hybridized carbons (Fsp3) is 0.923. The molecule has 0 aromatic heterocycles. The molecule has 0 radical (unpaired) electrons. The van der Waals surface area contributed by atoms with Crippen LogP contribution in [0, 0.1) is 5.41 Å². The third kappa shape index (κ3) is 3.12. The molecule has 2 aliphatic rings. The Hall–Kier alpha value is -0.770. The standard InChI is InChI=1S/C13H23NO3/c1-12(2,3)17-11(15)14-7-6-13(9-14)5-4-8-16-10-13/h4-10H2,1-3H3. The molecule has 4 nitrogen and oxygen atoms in total. The lowest BCUT2D eigenvalue weighted by Gasteiger charge is -2.33. The zero-order valence-corrected chi connectivity index (χ0v) is 11.1. The second-order valence-electron chi connectivity index (χ2n) is 6.31. The van der Waals surface area contributed by atoms with Crippen molar-refractivity contribution in [1.29, 1.82) is 0 Å². The van der Waals surface area contributed by atoms with E-state index in [9.17, 15) is 4.79 Å². The van der Waals surface area contributed by atoms with Crippen LogP contribution in [0.3, 0.4) is 0 Å². The summed E-state index contributed by atoms with van der Waals surface area (Å²) in [4.78, 5) is 13.8. The van der Waals surface area contributed by atoms with Gasteiger partial charge in [-0.1, -0.05) is 0 Å². The van der Waals surface area contributed by atoms with Crippen molar-refractivity contribution in [2.24, 2.45) is 5.41 Å². The van der Waals surface area contributed by atoms with Crippen LogP contribution < -0.4 is 0 Å². The number of hydrogen-bond donors (Lipinski definition) is 0. The summed E-state index contributed by atoms with van der Waals surface area (Å²) in [6.07, 6.45) is 3.15. The molecule has 0 bridgehead atoms. The fourth-order valence-corrected chi connectivity index (χ4v) is 2.65. The lowest BCUT2D eigenvalue weighted by Crippen LogP contribution is -2.39. The molecule has 0 aliphatic carbocycles. The van der Waals surface area contributed by atoms with Gasteiger partial charge in [-0.2, -0.15) is 0 Å². The minimum absolute atomic E-state index is 0.181. The van der Waals surface area contributed by atoms with Crippen LogP contribution in [0.5, 0.6) is 0 Å². The van der Waals surface area contributed by atoms with E-state index in [0.29, 0.717) is 0 Å². The van der Waals surface area contributed by atoms with Crippen LogP contribution in [0.1, 0.15) is 40.0 Å². The second kappa shape index (κ2) is 4.48. The van der Waals surface area contributed by atoms with Crippen molar-refractivity contribution in [3.8, 4) is 0 Å². The summed E-state index contributed by atoms with van der Waals surface area (Å²) in [7, 11) is 0. The number of rotatable bonds is 0. The van der Waals surface area contributed by atoms with Crippen molar-refractivity contribution in [3.63, 3.8) is 0 Å². The van der Waals surface area contributed by atoms with Gasteiger partial charge in [0, 0.05) is 25.1 Å². The number of likely N-dealkylation sites (tertiary alicyclic amines) is 1. The average molecular weight is 241 g/mol. The number of carbonyl (C=O) groups excluding carboxylic acids is 1. The van der Waals surface area contributed by atoms with Crippen molar-refractivity contribution in [1.82, 2.24) is 4.90 Å². The quantitative estimate of drug-likeness (QED) is 0.654. The Bertz CT molecular complexity index is 290. The van der Waals surface area contributed by atoms with Gasteiger partial charge in [0.15, 0.2) is 0 Å². The summed E-state index contributed by atoms with van der Waals surface area (Å²) < 4.78 is 11.0. The SMILES string of the molecule is CC(C)(C)OC(=O)N1CCC2(CCCOC2)C1.